The molecule has 0 aliphatic carbocycles. The number of nitrogens with zero attached hydrogens (tertiary/aromatic N) is 5. The van der Waals surface area contributed by atoms with Gasteiger partial charge in [-0.05, 0) is 18.6 Å². The van der Waals surface area contributed by atoms with E-state index in [-0.39, 0.29) is 5.69 Å². The highest BCUT2D eigenvalue weighted by Crippen LogP contribution is 2.22. The van der Waals surface area contributed by atoms with Crippen molar-refractivity contribution in [3.05, 3.63) is 66.1 Å². The van der Waals surface area contributed by atoms with Gasteiger partial charge in [-0.15, -0.1) is 0 Å². The van der Waals surface area contributed by atoms with Crippen molar-refractivity contribution in [1.29, 1.82) is 5.26 Å². The first kappa shape index (κ1) is 17.0. The molecule has 0 aliphatic rings. The first-order valence-electron chi connectivity index (χ1n) is 7.79. The molecule has 1 N–H and O–H groups in total. The van der Waals surface area contributed by atoms with Crippen molar-refractivity contribution in [3.8, 4) is 17.6 Å². The molecule has 1 amide bonds. The summed E-state index contributed by atoms with van der Waals surface area (Å²) in [6.45, 7) is 1.93. The molecular formula is C18H14N6O2. The number of nitrogens with one attached hydrogen (secondary N) is 1. The van der Waals surface area contributed by atoms with Crippen LogP contribution in [0.15, 0.2) is 49.2 Å². The average Bonchev–Trinajstić information content (AvgIpc) is 2.69. The number of nitriles is 1. The summed E-state index contributed by atoms with van der Waals surface area (Å²) in [4.78, 5) is 28.6. The summed E-state index contributed by atoms with van der Waals surface area (Å²) < 4.78 is 5.70. The largest absolute Gasteiger partial charge is 0.454 e. The molecule has 3 rings (SSSR count). The minimum Gasteiger partial charge on any atom is -0.454 e. The fraction of sp³-hybridized carbons (Fsp3) is 0.111. The molecule has 0 aromatic carbocycles. The lowest BCUT2D eigenvalue weighted by Gasteiger charge is -2.09. The molecule has 26 heavy (non-hydrogen) atoms. The van der Waals surface area contributed by atoms with E-state index in [2.05, 4.69) is 25.3 Å². The molecule has 0 bridgehead atoms. The van der Waals surface area contributed by atoms with Crippen LogP contribution < -0.4 is 10.1 Å². The molecule has 0 spiro atoms. The second kappa shape index (κ2) is 7.81. The van der Waals surface area contributed by atoms with Gasteiger partial charge < -0.3 is 10.1 Å². The molecule has 0 unspecified atom stereocenters. The van der Waals surface area contributed by atoms with E-state index in [1.807, 2.05) is 13.0 Å². The number of hydrogen-bond donors (Lipinski definition) is 1. The molecular weight excluding hydrogens is 332 g/mol. The van der Waals surface area contributed by atoms with Crippen LogP contribution in [0.4, 0.5) is 5.82 Å². The standard InChI is InChI=1S/C18H14N6O2/c1-2-13-5-14(26-15-9-20-11-21-10-15)6-16(23-13)18(25)24-17-4-3-12(7-19)8-22-17/h3-6,8-11H,2H2,1H3,(H,22,24,25). The van der Waals surface area contributed by atoms with E-state index in [9.17, 15) is 4.79 Å². The first-order valence-corrected chi connectivity index (χ1v) is 7.79. The summed E-state index contributed by atoms with van der Waals surface area (Å²) in [7, 11) is 0. The fourth-order valence-corrected chi connectivity index (χ4v) is 2.10. The zero-order valence-electron chi connectivity index (χ0n) is 13.9. The molecule has 3 heterocycles. The summed E-state index contributed by atoms with van der Waals surface area (Å²) in [5.74, 6) is 0.828. The molecule has 128 valence electrons. The van der Waals surface area contributed by atoms with Gasteiger partial charge in [0.05, 0.1) is 18.0 Å². The van der Waals surface area contributed by atoms with E-state index in [0.29, 0.717) is 35.0 Å². The number of amides is 1. The monoisotopic (exact) mass is 346 g/mol. The lowest BCUT2D eigenvalue weighted by atomic mass is 10.2. The summed E-state index contributed by atoms with van der Waals surface area (Å²) in [6, 6.07) is 8.38. The van der Waals surface area contributed by atoms with E-state index in [1.165, 1.54) is 31.0 Å². The average molecular weight is 346 g/mol. The van der Waals surface area contributed by atoms with Gasteiger partial charge in [-0.1, -0.05) is 6.92 Å². The van der Waals surface area contributed by atoms with E-state index >= 15 is 0 Å². The van der Waals surface area contributed by atoms with Gasteiger partial charge >= 0.3 is 0 Å². The Balaban J connectivity index is 1.82. The molecule has 0 saturated carbocycles. The van der Waals surface area contributed by atoms with Crippen LogP contribution in [0.1, 0.15) is 28.7 Å². The third kappa shape index (κ3) is 4.15. The molecule has 0 atom stereocenters. The Kier molecular flexibility index (Phi) is 5.10. The lowest BCUT2D eigenvalue weighted by molar-refractivity contribution is 0.102. The number of pyridine rings is 2. The Morgan fingerprint density at radius 1 is 1.19 bits per heavy atom. The van der Waals surface area contributed by atoms with Gasteiger partial charge in [0.1, 0.15) is 29.7 Å². The van der Waals surface area contributed by atoms with Crippen molar-refractivity contribution in [2.45, 2.75) is 13.3 Å². The van der Waals surface area contributed by atoms with Crippen molar-refractivity contribution in [2.75, 3.05) is 5.32 Å². The van der Waals surface area contributed by atoms with Gasteiger partial charge in [0.25, 0.3) is 5.91 Å². The van der Waals surface area contributed by atoms with Crippen LogP contribution in [0.5, 0.6) is 11.5 Å². The summed E-state index contributed by atoms with van der Waals surface area (Å²) >= 11 is 0. The maximum Gasteiger partial charge on any atom is 0.275 e. The molecule has 0 radical (unpaired) electrons. The molecule has 8 nitrogen and oxygen atoms in total. The van der Waals surface area contributed by atoms with Crippen molar-refractivity contribution >= 4 is 11.7 Å². The SMILES string of the molecule is CCc1cc(Oc2cncnc2)cc(C(=O)Nc2ccc(C#N)cn2)n1. The van der Waals surface area contributed by atoms with Gasteiger partial charge in [-0.25, -0.2) is 19.9 Å². The molecule has 0 fully saturated rings. The third-order valence-electron chi connectivity index (χ3n) is 3.35. The Labute approximate surface area is 149 Å². The highest BCUT2D eigenvalue weighted by Gasteiger charge is 2.13. The summed E-state index contributed by atoms with van der Waals surface area (Å²) in [5, 5.41) is 11.4. The van der Waals surface area contributed by atoms with Crippen LogP contribution in [-0.4, -0.2) is 25.8 Å². The van der Waals surface area contributed by atoms with Crippen LogP contribution in [0, 0.1) is 11.3 Å². The van der Waals surface area contributed by atoms with Crippen LogP contribution in [0.2, 0.25) is 0 Å². The number of hydrogen-bond acceptors (Lipinski definition) is 7. The number of carbonyl (C=O) groups is 1. The summed E-state index contributed by atoms with van der Waals surface area (Å²) in [5.41, 5.74) is 1.31. The highest BCUT2D eigenvalue weighted by atomic mass is 16.5. The fourth-order valence-electron chi connectivity index (χ4n) is 2.10. The van der Waals surface area contributed by atoms with Gasteiger partial charge in [0.2, 0.25) is 0 Å². The summed E-state index contributed by atoms with van der Waals surface area (Å²) in [6.07, 6.45) is 6.48. The first-order chi connectivity index (χ1) is 12.7. The van der Waals surface area contributed by atoms with Crippen molar-refractivity contribution < 1.29 is 9.53 Å². The maximum absolute atomic E-state index is 12.5. The Hall–Kier alpha value is -3.86. The zero-order valence-corrected chi connectivity index (χ0v) is 13.9. The normalized spacial score (nSPS) is 10.0. The Morgan fingerprint density at radius 2 is 2.00 bits per heavy atom. The van der Waals surface area contributed by atoms with Crippen molar-refractivity contribution in [3.63, 3.8) is 0 Å². The number of rotatable bonds is 5. The second-order valence-corrected chi connectivity index (χ2v) is 5.21. The number of aromatic nitrogens is 4. The minimum absolute atomic E-state index is 0.197. The van der Waals surface area contributed by atoms with Crippen molar-refractivity contribution in [2.24, 2.45) is 0 Å². The van der Waals surface area contributed by atoms with Gasteiger partial charge in [-0.3, -0.25) is 4.79 Å². The number of carbonyl (C=O) groups excluding carboxylic acids is 1. The Morgan fingerprint density at radius 3 is 2.65 bits per heavy atom. The van der Waals surface area contributed by atoms with E-state index in [4.69, 9.17) is 10.00 Å². The number of anilines is 1. The number of aryl methyl sites for hydroxylation is 1. The smallest absolute Gasteiger partial charge is 0.275 e. The van der Waals surface area contributed by atoms with Crippen molar-refractivity contribution in [1.82, 2.24) is 19.9 Å². The van der Waals surface area contributed by atoms with Gasteiger partial charge in [0.15, 0.2) is 5.75 Å². The number of ether oxygens (including phenoxy) is 1. The molecule has 0 saturated heterocycles. The highest BCUT2D eigenvalue weighted by molar-refractivity contribution is 6.02. The third-order valence-corrected chi connectivity index (χ3v) is 3.35. The zero-order chi connectivity index (χ0) is 18.4. The van der Waals surface area contributed by atoms with Gasteiger partial charge in [-0.2, -0.15) is 5.26 Å². The van der Waals surface area contributed by atoms with Crippen LogP contribution >= 0.6 is 0 Å². The topological polar surface area (TPSA) is 114 Å². The predicted octanol–water partition coefficient (Wildman–Crippen LogP) is 2.75. The molecule has 3 aromatic heterocycles. The molecule has 0 aliphatic heterocycles. The predicted molar refractivity (Wildman–Crippen MR) is 92.6 cm³/mol. The van der Waals surface area contributed by atoms with Gasteiger partial charge in [0, 0.05) is 24.0 Å². The quantitative estimate of drug-likeness (QED) is 0.755. The molecule has 3 aromatic rings. The van der Waals surface area contributed by atoms with E-state index in [1.54, 1.807) is 18.2 Å². The lowest BCUT2D eigenvalue weighted by Crippen LogP contribution is -2.15. The van der Waals surface area contributed by atoms with Crippen LogP contribution in [-0.2, 0) is 6.42 Å². The minimum atomic E-state index is -0.424. The maximum atomic E-state index is 12.5. The Bertz CT molecular complexity index is 952. The second-order valence-electron chi connectivity index (χ2n) is 5.21. The van der Waals surface area contributed by atoms with Crippen LogP contribution in [0.25, 0.3) is 0 Å². The van der Waals surface area contributed by atoms with Crippen LogP contribution in [0.3, 0.4) is 0 Å². The van der Waals surface area contributed by atoms with E-state index in [0.717, 1.165) is 0 Å². The van der Waals surface area contributed by atoms with E-state index < -0.39 is 5.91 Å². The molecule has 8 heteroatoms.